The third-order valence-corrected chi connectivity index (χ3v) is 6.46. The van der Waals surface area contributed by atoms with Gasteiger partial charge in [0.25, 0.3) is 5.91 Å². The smallest absolute Gasteiger partial charge is 0.253 e. The number of carbonyl (C=O) groups excluding carboxylic acids is 2. The molecule has 2 heterocycles. The summed E-state index contributed by atoms with van der Waals surface area (Å²) in [4.78, 5) is 33.1. The third-order valence-electron chi connectivity index (χ3n) is 6.46. The number of benzene rings is 2. The Morgan fingerprint density at radius 1 is 1.07 bits per heavy atom. The molecule has 1 aliphatic heterocycles. The number of para-hydroxylation sites is 3. The molecule has 1 N–H and O–H groups in total. The second-order valence-corrected chi connectivity index (χ2v) is 8.44. The molecular formula is C24H26N4O2. The molecule has 30 heavy (non-hydrogen) atoms. The summed E-state index contributed by atoms with van der Waals surface area (Å²) in [7, 11) is 0. The Labute approximate surface area is 175 Å². The first-order valence-electron chi connectivity index (χ1n) is 10.8. The number of nitrogens with one attached hydrogen (secondary N) is 1. The highest BCUT2D eigenvalue weighted by atomic mass is 16.2. The highest BCUT2D eigenvalue weighted by molar-refractivity contribution is 6.05. The van der Waals surface area contributed by atoms with Crippen LogP contribution in [0.25, 0.3) is 11.0 Å². The maximum atomic E-state index is 13.6. The van der Waals surface area contributed by atoms with Crippen molar-refractivity contribution < 1.29 is 9.59 Å². The van der Waals surface area contributed by atoms with Gasteiger partial charge in [0.05, 0.1) is 17.5 Å². The van der Waals surface area contributed by atoms with E-state index in [1.165, 1.54) is 6.42 Å². The SMILES string of the molecule is CC1CCCCC1N1C(=O)C(CC(=O)Nc2ccccc2)n2c1nc1ccccc12. The fourth-order valence-electron chi connectivity index (χ4n) is 4.96. The zero-order chi connectivity index (χ0) is 20.7. The lowest BCUT2D eigenvalue weighted by Crippen LogP contribution is -2.44. The van der Waals surface area contributed by atoms with E-state index in [0.29, 0.717) is 11.9 Å². The number of rotatable bonds is 4. The lowest BCUT2D eigenvalue weighted by molar-refractivity contribution is -0.125. The van der Waals surface area contributed by atoms with Crippen molar-refractivity contribution in [1.82, 2.24) is 9.55 Å². The zero-order valence-corrected chi connectivity index (χ0v) is 17.1. The zero-order valence-electron chi connectivity index (χ0n) is 17.1. The standard InChI is InChI=1S/C24H26N4O2/c1-16-9-5-7-13-19(16)28-23(30)21(15-22(29)25-17-10-3-2-4-11-17)27-20-14-8-6-12-18(20)26-24(27)28/h2-4,6,8,10-12,14,16,19,21H,5,7,9,13,15H2,1H3,(H,25,29). The minimum absolute atomic E-state index is 0.00906. The summed E-state index contributed by atoms with van der Waals surface area (Å²) in [5, 5.41) is 2.92. The first kappa shape index (κ1) is 18.9. The molecule has 5 rings (SSSR count). The number of fused-ring (bicyclic) bond motifs is 3. The van der Waals surface area contributed by atoms with Crippen molar-refractivity contribution in [3.05, 3.63) is 54.6 Å². The third kappa shape index (κ3) is 3.16. The van der Waals surface area contributed by atoms with Gasteiger partial charge in [-0.15, -0.1) is 0 Å². The monoisotopic (exact) mass is 402 g/mol. The summed E-state index contributed by atoms with van der Waals surface area (Å²) in [6.45, 7) is 2.22. The van der Waals surface area contributed by atoms with Crippen molar-refractivity contribution in [1.29, 1.82) is 0 Å². The molecule has 0 radical (unpaired) electrons. The minimum Gasteiger partial charge on any atom is -0.326 e. The van der Waals surface area contributed by atoms with Gasteiger partial charge < -0.3 is 5.32 Å². The van der Waals surface area contributed by atoms with Crippen molar-refractivity contribution in [3.8, 4) is 0 Å². The molecule has 3 unspecified atom stereocenters. The Bertz CT molecular complexity index is 1090. The van der Waals surface area contributed by atoms with Crippen molar-refractivity contribution in [2.45, 2.75) is 51.1 Å². The molecule has 3 aromatic rings. The van der Waals surface area contributed by atoms with Gasteiger partial charge >= 0.3 is 0 Å². The maximum Gasteiger partial charge on any atom is 0.253 e. The van der Waals surface area contributed by atoms with E-state index in [1.54, 1.807) is 0 Å². The van der Waals surface area contributed by atoms with E-state index < -0.39 is 6.04 Å². The normalized spacial score (nSPS) is 23.6. The number of imidazole rings is 1. The van der Waals surface area contributed by atoms with Crippen LogP contribution in [-0.4, -0.2) is 27.4 Å². The van der Waals surface area contributed by atoms with E-state index in [1.807, 2.05) is 64.1 Å². The first-order chi connectivity index (χ1) is 14.6. The molecule has 6 heteroatoms. The summed E-state index contributed by atoms with van der Waals surface area (Å²) in [6, 6.07) is 16.8. The lowest BCUT2D eigenvalue weighted by atomic mass is 9.85. The van der Waals surface area contributed by atoms with Crippen molar-refractivity contribution in [3.63, 3.8) is 0 Å². The van der Waals surface area contributed by atoms with Crippen LogP contribution in [0.15, 0.2) is 54.6 Å². The van der Waals surface area contributed by atoms with E-state index in [2.05, 4.69) is 12.2 Å². The van der Waals surface area contributed by atoms with Crippen LogP contribution >= 0.6 is 0 Å². The molecule has 0 bridgehead atoms. The van der Waals surface area contributed by atoms with Gasteiger partial charge in [0.1, 0.15) is 6.04 Å². The molecule has 2 amide bonds. The van der Waals surface area contributed by atoms with Gasteiger partial charge in [0, 0.05) is 11.7 Å². The van der Waals surface area contributed by atoms with Crippen LogP contribution in [-0.2, 0) is 9.59 Å². The van der Waals surface area contributed by atoms with E-state index in [9.17, 15) is 9.59 Å². The van der Waals surface area contributed by atoms with Crippen LogP contribution in [0.1, 0.15) is 45.1 Å². The number of anilines is 2. The van der Waals surface area contributed by atoms with Gasteiger partial charge in [0.15, 0.2) is 0 Å². The van der Waals surface area contributed by atoms with Crippen LogP contribution in [0, 0.1) is 5.92 Å². The number of hydrogen-bond acceptors (Lipinski definition) is 3. The molecular weight excluding hydrogens is 376 g/mol. The Hall–Kier alpha value is -3.15. The van der Waals surface area contributed by atoms with Crippen LogP contribution in [0.3, 0.4) is 0 Å². The second kappa shape index (κ2) is 7.59. The van der Waals surface area contributed by atoms with Gasteiger partial charge in [-0.25, -0.2) is 4.98 Å². The Balaban J connectivity index is 1.50. The van der Waals surface area contributed by atoms with Gasteiger partial charge in [0.2, 0.25) is 11.9 Å². The minimum atomic E-state index is -0.565. The molecule has 154 valence electrons. The van der Waals surface area contributed by atoms with Crippen LogP contribution in [0.2, 0.25) is 0 Å². The fourth-order valence-corrected chi connectivity index (χ4v) is 4.96. The van der Waals surface area contributed by atoms with Gasteiger partial charge in [-0.05, 0) is 43.0 Å². The molecule has 2 aromatic carbocycles. The van der Waals surface area contributed by atoms with Crippen molar-refractivity contribution in [2.75, 3.05) is 10.2 Å². The lowest BCUT2D eigenvalue weighted by Gasteiger charge is -2.35. The summed E-state index contributed by atoms with van der Waals surface area (Å²) in [6.07, 6.45) is 4.53. The van der Waals surface area contributed by atoms with Crippen LogP contribution < -0.4 is 10.2 Å². The van der Waals surface area contributed by atoms with Gasteiger partial charge in [-0.2, -0.15) is 0 Å². The fraction of sp³-hybridized carbons (Fsp3) is 0.375. The molecule has 0 saturated heterocycles. The molecule has 1 saturated carbocycles. The first-order valence-corrected chi connectivity index (χ1v) is 10.8. The molecule has 6 nitrogen and oxygen atoms in total. The van der Waals surface area contributed by atoms with E-state index >= 15 is 0 Å². The maximum absolute atomic E-state index is 13.6. The summed E-state index contributed by atoms with van der Waals surface area (Å²) in [5.41, 5.74) is 2.51. The second-order valence-electron chi connectivity index (χ2n) is 8.44. The Kier molecular flexibility index (Phi) is 4.77. The van der Waals surface area contributed by atoms with E-state index in [0.717, 1.165) is 36.0 Å². The average molecular weight is 402 g/mol. The van der Waals surface area contributed by atoms with Crippen LogP contribution in [0.4, 0.5) is 11.6 Å². The predicted octanol–water partition coefficient (Wildman–Crippen LogP) is 4.53. The molecule has 0 spiro atoms. The topological polar surface area (TPSA) is 67.2 Å². The van der Waals surface area contributed by atoms with E-state index in [4.69, 9.17) is 4.98 Å². The summed E-state index contributed by atoms with van der Waals surface area (Å²) in [5.74, 6) is 0.942. The number of aromatic nitrogens is 2. The van der Waals surface area contributed by atoms with Gasteiger partial charge in [-0.1, -0.05) is 50.1 Å². The number of hydrogen-bond donors (Lipinski definition) is 1. The quantitative estimate of drug-likeness (QED) is 0.697. The van der Waals surface area contributed by atoms with Crippen molar-refractivity contribution in [2.24, 2.45) is 5.92 Å². The Morgan fingerprint density at radius 2 is 1.80 bits per heavy atom. The van der Waals surface area contributed by atoms with E-state index in [-0.39, 0.29) is 24.3 Å². The molecule has 3 atom stereocenters. The molecule has 1 aromatic heterocycles. The molecule has 1 fully saturated rings. The summed E-state index contributed by atoms with van der Waals surface area (Å²) < 4.78 is 1.98. The highest BCUT2D eigenvalue weighted by Crippen LogP contribution is 2.41. The molecule has 1 aliphatic carbocycles. The molecule has 2 aliphatic rings. The number of amides is 2. The van der Waals surface area contributed by atoms with Crippen molar-refractivity contribution >= 4 is 34.5 Å². The van der Waals surface area contributed by atoms with Crippen LogP contribution in [0.5, 0.6) is 0 Å². The number of carbonyl (C=O) groups is 2. The largest absolute Gasteiger partial charge is 0.326 e. The average Bonchev–Trinajstić information content (AvgIpc) is 3.24. The van der Waals surface area contributed by atoms with Gasteiger partial charge in [-0.3, -0.25) is 19.1 Å². The predicted molar refractivity (Wildman–Crippen MR) is 117 cm³/mol. The summed E-state index contributed by atoms with van der Waals surface area (Å²) >= 11 is 0. The highest BCUT2D eigenvalue weighted by Gasteiger charge is 2.45. The Morgan fingerprint density at radius 3 is 2.60 bits per heavy atom. The number of nitrogens with zero attached hydrogens (tertiary/aromatic N) is 3.